The molecule has 26 heavy (non-hydrogen) atoms. The monoisotopic (exact) mass is 367 g/mol. The van der Waals surface area contributed by atoms with E-state index in [1.165, 1.54) is 0 Å². The van der Waals surface area contributed by atoms with E-state index in [2.05, 4.69) is 10.2 Å². The molecule has 2 N–H and O–H groups in total. The number of nitro benzene ring substituents is 2. The van der Waals surface area contributed by atoms with Gasteiger partial charge in [0.25, 0.3) is 11.4 Å². The average Bonchev–Trinajstić information content (AvgIpc) is 2.58. The van der Waals surface area contributed by atoms with Crippen LogP contribution in [0.15, 0.2) is 24.5 Å². The van der Waals surface area contributed by atoms with E-state index in [9.17, 15) is 29.8 Å². The van der Waals surface area contributed by atoms with Gasteiger partial charge in [0.15, 0.2) is 5.56 Å². The molecule has 0 radical (unpaired) electrons. The number of benzene rings is 1. The lowest BCUT2D eigenvalue weighted by Crippen LogP contribution is -2.30. The first-order valence-electron chi connectivity index (χ1n) is 7.34. The highest BCUT2D eigenvalue weighted by atomic mass is 17.1. The van der Waals surface area contributed by atoms with E-state index < -0.39 is 43.9 Å². The van der Waals surface area contributed by atoms with Gasteiger partial charge in [-0.25, -0.2) is 5.26 Å². The highest BCUT2D eigenvalue weighted by Gasteiger charge is 2.32. The molecule has 11 nitrogen and oxygen atoms in total. The van der Waals surface area contributed by atoms with Gasteiger partial charge < -0.3 is 10.2 Å². The second-order valence-corrected chi connectivity index (χ2v) is 5.87. The molecule has 0 spiro atoms. The van der Waals surface area contributed by atoms with Crippen molar-refractivity contribution in [3.63, 3.8) is 0 Å². The van der Waals surface area contributed by atoms with E-state index >= 15 is 0 Å². The molecule has 0 aromatic heterocycles. The van der Waals surface area contributed by atoms with Crippen LogP contribution in [0.2, 0.25) is 0 Å². The zero-order valence-corrected chi connectivity index (χ0v) is 14.2. The summed E-state index contributed by atoms with van der Waals surface area (Å²) in [6.07, 6.45) is 1.56. The number of ketones is 1. The third-order valence-electron chi connectivity index (χ3n) is 3.77. The first kappa shape index (κ1) is 20.7. The Morgan fingerprint density at radius 2 is 1.73 bits per heavy atom. The van der Waals surface area contributed by atoms with E-state index in [1.807, 2.05) is 0 Å². The number of hydrogen-bond donors (Lipinski definition) is 2. The van der Waals surface area contributed by atoms with Crippen molar-refractivity contribution < 1.29 is 29.6 Å². The number of anilines is 1. The van der Waals surface area contributed by atoms with E-state index in [0.717, 1.165) is 12.1 Å². The molecule has 0 bridgehead atoms. The van der Waals surface area contributed by atoms with Crippen molar-refractivity contribution in [1.29, 1.82) is 0 Å². The summed E-state index contributed by atoms with van der Waals surface area (Å²) in [5.41, 5.74) is -3.53. The number of hydrogen-bond acceptors (Lipinski definition) is 8. The van der Waals surface area contributed by atoms with Crippen LogP contribution in [-0.2, 0) is 9.68 Å². The van der Waals surface area contributed by atoms with Crippen LogP contribution in [-0.4, -0.2) is 26.8 Å². The van der Waals surface area contributed by atoms with E-state index in [1.54, 1.807) is 20.8 Å². The van der Waals surface area contributed by atoms with Crippen LogP contribution in [0.3, 0.4) is 0 Å². The normalized spacial score (nSPS) is 11.2. The molecule has 1 rings (SSSR count). The Labute approximate surface area is 147 Å². The second-order valence-electron chi connectivity index (χ2n) is 5.87. The highest BCUT2D eigenvalue weighted by Crippen LogP contribution is 2.34. The molecule has 0 unspecified atom stereocenters. The maximum Gasteiger partial charge on any atom is 0.289 e. The minimum Gasteiger partial charge on any atom is -0.348 e. The van der Waals surface area contributed by atoms with Crippen LogP contribution < -0.4 is 5.32 Å². The Balaban J connectivity index is 3.54. The van der Waals surface area contributed by atoms with E-state index in [4.69, 9.17) is 5.26 Å². The van der Waals surface area contributed by atoms with Crippen molar-refractivity contribution in [2.75, 3.05) is 5.32 Å². The molecule has 0 heterocycles. The van der Waals surface area contributed by atoms with E-state index in [0.29, 0.717) is 18.8 Å². The number of nitro groups is 2. The predicted molar refractivity (Wildman–Crippen MR) is 89.6 cm³/mol. The van der Waals surface area contributed by atoms with Gasteiger partial charge in [-0.2, -0.15) is 0 Å². The van der Waals surface area contributed by atoms with Gasteiger partial charge in [-0.1, -0.05) is 20.8 Å². The Hall–Kier alpha value is -3.34. The molecule has 11 heteroatoms. The molecule has 140 valence electrons. The molecule has 0 aliphatic carbocycles. The predicted octanol–water partition coefficient (Wildman–Crippen LogP) is 3.06. The summed E-state index contributed by atoms with van der Waals surface area (Å²) in [4.78, 5) is 48.4. The summed E-state index contributed by atoms with van der Waals surface area (Å²) in [6, 6.07) is 1.72. The molecule has 0 fully saturated rings. The maximum atomic E-state index is 12.2. The first-order valence-corrected chi connectivity index (χ1v) is 7.34. The number of carbonyl (C=O) groups is 2. The molecule has 1 aromatic rings. The van der Waals surface area contributed by atoms with Gasteiger partial charge in [0.05, 0.1) is 15.5 Å². The minimum atomic E-state index is -1.12. The smallest absolute Gasteiger partial charge is 0.289 e. The van der Waals surface area contributed by atoms with Gasteiger partial charge in [0, 0.05) is 23.6 Å². The molecular weight excluding hydrogens is 350 g/mol. The van der Waals surface area contributed by atoms with Crippen molar-refractivity contribution >= 4 is 28.8 Å². The number of amides is 1. The van der Waals surface area contributed by atoms with Crippen LogP contribution in [0, 0.1) is 25.6 Å². The van der Waals surface area contributed by atoms with Gasteiger partial charge in [-0.3, -0.25) is 29.8 Å². The largest absolute Gasteiger partial charge is 0.348 e. The highest BCUT2D eigenvalue weighted by molar-refractivity contribution is 6.11. The fraction of sp³-hybridized carbons (Fsp3) is 0.333. The van der Waals surface area contributed by atoms with Crippen molar-refractivity contribution in [1.82, 2.24) is 0 Å². The van der Waals surface area contributed by atoms with Gasteiger partial charge in [0.1, 0.15) is 6.26 Å². The molecular formula is C15H17N3O8. The summed E-state index contributed by atoms with van der Waals surface area (Å²) in [5, 5.41) is 33.2. The quantitative estimate of drug-likeness (QED) is 0.177. The van der Waals surface area contributed by atoms with Crippen LogP contribution in [0.5, 0.6) is 0 Å². The SMILES string of the molecule is CCC(C)(C)C(=O)Nc1cc([N+](=O)[O-])c(C(=O)/C=C/OO)c([N+](=O)[O-])c1. The zero-order chi connectivity index (χ0) is 20.1. The van der Waals surface area contributed by atoms with Gasteiger partial charge in [-0.15, -0.1) is 0 Å². The number of carbonyl (C=O) groups excluding carboxylic acids is 2. The molecule has 1 aromatic carbocycles. The van der Waals surface area contributed by atoms with Gasteiger partial charge in [0.2, 0.25) is 11.7 Å². The number of nitrogens with one attached hydrogen (secondary N) is 1. The molecule has 0 aliphatic rings. The molecule has 1 amide bonds. The number of allylic oxidation sites excluding steroid dienone is 1. The maximum absolute atomic E-state index is 12.2. The third kappa shape index (κ3) is 4.60. The average molecular weight is 367 g/mol. The van der Waals surface area contributed by atoms with Gasteiger partial charge >= 0.3 is 0 Å². The first-order chi connectivity index (χ1) is 12.0. The zero-order valence-electron chi connectivity index (χ0n) is 14.2. The molecule has 0 atom stereocenters. The standard InChI is InChI=1S/C15H17N3O8/c1-4-15(2,3)14(20)16-9-7-10(17(21)22)13(11(8-9)18(23)24)12(19)5-6-26-25/h5-8,25H,4H2,1-3H3,(H,16,20)/b6-5+. The lowest BCUT2D eigenvalue weighted by molar-refractivity contribution is -0.394. The van der Waals surface area contributed by atoms with Gasteiger partial charge in [-0.05, 0) is 6.42 Å². The summed E-state index contributed by atoms with van der Waals surface area (Å²) in [5.74, 6) is -1.61. The Kier molecular flexibility index (Phi) is 6.50. The van der Waals surface area contributed by atoms with Crippen molar-refractivity contribution in [3.8, 4) is 0 Å². The van der Waals surface area contributed by atoms with Crippen molar-refractivity contribution in [2.24, 2.45) is 5.41 Å². The van der Waals surface area contributed by atoms with Crippen LogP contribution in [0.25, 0.3) is 0 Å². The summed E-state index contributed by atoms with van der Waals surface area (Å²) < 4.78 is 0. The second kappa shape index (κ2) is 8.16. The lowest BCUT2D eigenvalue weighted by Gasteiger charge is -2.21. The Morgan fingerprint density at radius 3 is 2.12 bits per heavy atom. The number of nitrogens with zero attached hydrogens (tertiary/aromatic N) is 2. The molecule has 0 saturated heterocycles. The summed E-state index contributed by atoms with van der Waals surface area (Å²) >= 11 is 0. The summed E-state index contributed by atoms with van der Waals surface area (Å²) in [6.45, 7) is 5.05. The van der Waals surface area contributed by atoms with Crippen LogP contribution in [0.1, 0.15) is 37.6 Å². The minimum absolute atomic E-state index is 0.186. The Bertz CT molecular complexity index is 750. The van der Waals surface area contributed by atoms with Crippen LogP contribution >= 0.6 is 0 Å². The summed E-state index contributed by atoms with van der Waals surface area (Å²) in [7, 11) is 0. The van der Waals surface area contributed by atoms with Crippen LogP contribution in [0.4, 0.5) is 17.1 Å². The Morgan fingerprint density at radius 1 is 1.23 bits per heavy atom. The van der Waals surface area contributed by atoms with Crippen molar-refractivity contribution in [2.45, 2.75) is 27.2 Å². The lowest BCUT2D eigenvalue weighted by atomic mass is 9.89. The topological polar surface area (TPSA) is 162 Å². The fourth-order valence-corrected chi connectivity index (χ4v) is 1.86. The fourth-order valence-electron chi connectivity index (χ4n) is 1.86. The molecule has 0 aliphatic heterocycles. The van der Waals surface area contributed by atoms with E-state index in [-0.39, 0.29) is 5.69 Å². The van der Waals surface area contributed by atoms with Crippen molar-refractivity contribution in [3.05, 3.63) is 50.3 Å². The third-order valence-corrected chi connectivity index (χ3v) is 3.77. The molecule has 0 saturated carbocycles. The number of rotatable bonds is 8.